The summed E-state index contributed by atoms with van der Waals surface area (Å²) in [4.78, 5) is 39.8. The Morgan fingerprint density at radius 2 is 1.76 bits per heavy atom. The summed E-state index contributed by atoms with van der Waals surface area (Å²) in [6.07, 6.45) is 3.28. The van der Waals surface area contributed by atoms with Crippen molar-refractivity contribution >= 4 is 17.7 Å². The average Bonchev–Trinajstić information content (AvgIpc) is 3.31. The van der Waals surface area contributed by atoms with E-state index in [1.807, 2.05) is 30.3 Å². The van der Waals surface area contributed by atoms with Gasteiger partial charge in [0.1, 0.15) is 5.75 Å². The minimum absolute atomic E-state index is 0.00360. The van der Waals surface area contributed by atoms with Gasteiger partial charge in [-0.25, -0.2) is 0 Å². The molecule has 3 amide bonds. The van der Waals surface area contributed by atoms with Crippen molar-refractivity contribution < 1.29 is 19.1 Å². The molecule has 1 unspecified atom stereocenters. The van der Waals surface area contributed by atoms with Crippen molar-refractivity contribution in [1.29, 1.82) is 0 Å². The zero-order chi connectivity index (χ0) is 23.0. The van der Waals surface area contributed by atoms with Crippen molar-refractivity contribution in [3.05, 3.63) is 65.2 Å². The summed E-state index contributed by atoms with van der Waals surface area (Å²) in [6.45, 7) is 1.99. The molecule has 1 saturated heterocycles. The SMILES string of the molecule is O=C1CCC(c2ccccc2)CCNC(=O)CN(C(=O)c2ccc3c(c2)CCO3)CCCN1. The number of carbonyl (C=O) groups is 3. The molecule has 0 saturated carbocycles. The zero-order valence-corrected chi connectivity index (χ0v) is 18.8. The highest BCUT2D eigenvalue weighted by atomic mass is 16.5. The van der Waals surface area contributed by atoms with E-state index in [1.54, 1.807) is 11.0 Å². The molecule has 2 aromatic rings. The Labute approximate surface area is 194 Å². The molecular formula is C26H31N3O4. The summed E-state index contributed by atoms with van der Waals surface area (Å²) in [5.74, 6) is 0.683. The van der Waals surface area contributed by atoms with E-state index in [0.717, 1.165) is 30.6 Å². The van der Waals surface area contributed by atoms with Crippen LogP contribution in [-0.4, -0.2) is 55.4 Å². The van der Waals surface area contributed by atoms with Gasteiger partial charge in [0.05, 0.1) is 13.2 Å². The Kier molecular flexibility index (Phi) is 7.60. The minimum atomic E-state index is -0.180. The Bertz CT molecular complexity index is 992. The van der Waals surface area contributed by atoms with Crippen LogP contribution in [0.4, 0.5) is 0 Å². The first kappa shape index (κ1) is 22.8. The molecule has 0 spiro atoms. The minimum Gasteiger partial charge on any atom is -0.493 e. The molecular weight excluding hydrogens is 418 g/mol. The van der Waals surface area contributed by atoms with Crippen LogP contribution in [0.3, 0.4) is 0 Å². The van der Waals surface area contributed by atoms with E-state index in [9.17, 15) is 14.4 Å². The van der Waals surface area contributed by atoms with Gasteiger partial charge in [-0.2, -0.15) is 0 Å². The maximum atomic E-state index is 13.2. The first-order valence-electron chi connectivity index (χ1n) is 11.7. The normalized spacial score (nSPS) is 20.1. The van der Waals surface area contributed by atoms with Crippen LogP contribution in [-0.2, 0) is 16.0 Å². The number of fused-ring (bicyclic) bond motifs is 1. The van der Waals surface area contributed by atoms with Crippen molar-refractivity contribution in [3.63, 3.8) is 0 Å². The summed E-state index contributed by atoms with van der Waals surface area (Å²) in [5.41, 5.74) is 2.75. The molecule has 0 aromatic heterocycles. The highest BCUT2D eigenvalue weighted by Crippen LogP contribution is 2.27. The summed E-state index contributed by atoms with van der Waals surface area (Å²) in [5, 5.41) is 5.93. The molecule has 1 atom stereocenters. The van der Waals surface area contributed by atoms with Crippen LogP contribution in [0.15, 0.2) is 48.5 Å². The third-order valence-corrected chi connectivity index (χ3v) is 6.29. The highest BCUT2D eigenvalue weighted by molar-refractivity contribution is 5.97. The maximum absolute atomic E-state index is 13.2. The summed E-state index contributed by atoms with van der Waals surface area (Å²) in [6, 6.07) is 15.5. The van der Waals surface area contributed by atoms with Gasteiger partial charge >= 0.3 is 0 Å². The van der Waals surface area contributed by atoms with E-state index >= 15 is 0 Å². The second-order valence-electron chi connectivity index (χ2n) is 8.64. The van der Waals surface area contributed by atoms with E-state index in [0.29, 0.717) is 44.6 Å². The molecule has 0 radical (unpaired) electrons. The van der Waals surface area contributed by atoms with Gasteiger partial charge in [0.2, 0.25) is 11.8 Å². The molecule has 0 aliphatic carbocycles. The predicted octanol–water partition coefficient (Wildman–Crippen LogP) is 2.65. The second kappa shape index (κ2) is 11.0. The van der Waals surface area contributed by atoms with Crippen LogP contribution in [0.2, 0.25) is 0 Å². The number of amides is 3. The molecule has 2 aromatic carbocycles. The summed E-state index contributed by atoms with van der Waals surface area (Å²) >= 11 is 0. The Morgan fingerprint density at radius 1 is 0.939 bits per heavy atom. The third-order valence-electron chi connectivity index (χ3n) is 6.29. The number of hydrogen-bond donors (Lipinski definition) is 2. The molecule has 7 heteroatoms. The van der Waals surface area contributed by atoms with E-state index in [-0.39, 0.29) is 30.2 Å². The largest absolute Gasteiger partial charge is 0.493 e. The fourth-order valence-electron chi connectivity index (χ4n) is 4.46. The van der Waals surface area contributed by atoms with Crippen molar-refractivity contribution in [2.45, 2.75) is 38.0 Å². The van der Waals surface area contributed by atoms with Crippen LogP contribution in [0.1, 0.15) is 53.1 Å². The Morgan fingerprint density at radius 3 is 2.61 bits per heavy atom. The van der Waals surface area contributed by atoms with E-state index < -0.39 is 0 Å². The summed E-state index contributed by atoms with van der Waals surface area (Å²) < 4.78 is 5.53. The van der Waals surface area contributed by atoms with Crippen LogP contribution >= 0.6 is 0 Å². The predicted molar refractivity (Wildman–Crippen MR) is 125 cm³/mol. The number of carbonyl (C=O) groups excluding carboxylic acids is 3. The fourth-order valence-corrected chi connectivity index (χ4v) is 4.46. The van der Waals surface area contributed by atoms with Gasteiger partial charge in [-0.1, -0.05) is 30.3 Å². The molecule has 7 nitrogen and oxygen atoms in total. The standard InChI is InChI=1S/C26H31N3O4/c30-24-10-8-20(19-5-2-1-3-6-19)11-14-28-25(31)18-29(15-4-13-27-24)26(32)22-7-9-23-21(17-22)12-16-33-23/h1-3,5-7,9,17,20H,4,8,10-16,18H2,(H,27,30)(H,28,31). The van der Waals surface area contributed by atoms with Gasteiger partial charge in [0.15, 0.2) is 0 Å². The lowest BCUT2D eigenvalue weighted by atomic mass is 9.91. The second-order valence-corrected chi connectivity index (χ2v) is 8.64. The lowest BCUT2D eigenvalue weighted by Crippen LogP contribution is -2.42. The Hall–Kier alpha value is -3.35. The first-order chi connectivity index (χ1) is 16.1. The summed E-state index contributed by atoms with van der Waals surface area (Å²) in [7, 11) is 0. The molecule has 2 heterocycles. The van der Waals surface area contributed by atoms with Crippen molar-refractivity contribution in [2.75, 3.05) is 32.8 Å². The number of nitrogens with zero attached hydrogens (tertiary/aromatic N) is 1. The van der Waals surface area contributed by atoms with Gasteiger partial charge in [-0.3, -0.25) is 14.4 Å². The fraction of sp³-hybridized carbons (Fsp3) is 0.423. The van der Waals surface area contributed by atoms with Crippen LogP contribution < -0.4 is 15.4 Å². The number of hydrogen-bond acceptors (Lipinski definition) is 4. The smallest absolute Gasteiger partial charge is 0.254 e. The topological polar surface area (TPSA) is 87.7 Å². The maximum Gasteiger partial charge on any atom is 0.254 e. The van der Waals surface area contributed by atoms with Crippen LogP contribution in [0.5, 0.6) is 5.75 Å². The molecule has 1 fully saturated rings. The molecule has 2 N–H and O–H groups in total. The van der Waals surface area contributed by atoms with Gasteiger partial charge in [0.25, 0.3) is 5.91 Å². The number of ether oxygens (including phenoxy) is 1. The number of rotatable bonds is 2. The average molecular weight is 450 g/mol. The molecule has 174 valence electrons. The third kappa shape index (κ3) is 6.12. The van der Waals surface area contributed by atoms with Crippen molar-refractivity contribution in [2.24, 2.45) is 0 Å². The molecule has 2 aliphatic heterocycles. The monoisotopic (exact) mass is 449 g/mol. The lowest BCUT2D eigenvalue weighted by Gasteiger charge is -2.24. The van der Waals surface area contributed by atoms with E-state index in [1.165, 1.54) is 5.56 Å². The molecule has 0 bridgehead atoms. The van der Waals surface area contributed by atoms with Crippen LogP contribution in [0, 0.1) is 0 Å². The molecule has 4 rings (SSSR count). The van der Waals surface area contributed by atoms with Gasteiger partial charge in [-0.05, 0) is 54.5 Å². The van der Waals surface area contributed by atoms with Gasteiger partial charge < -0.3 is 20.3 Å². The van der Waals surface area contributed by atoms with Crippen molar-refractivity contribution in [1.82, 2.24) is 15.5 Å². The quantitative estimate of drug-likeness (QED) is 0.738. The molecule has 33 heavy (non-hydrogen) atoms. The highest BCUT2D eigenvalue weighted by Gasteiger charge is 2.22. The number of nitrogens with one attached hydrogen (secondary N) is 2. The van der Waals surface area contributed by atoms with Gasteiger partial charge in [-0.15, -0.1) is 0 Å². The number of benzene rings is 2. The van der Waals surface area contributed by atoms with Crippen molar-refractivity contribution in [3.8, 4) is 5.75 Å². The lowest BCUT2D eigenvalue weighted by molar-refractivity contribution is -0.123. The van der Waals surface area contributed by atoms with E-state index in [4.69, 9.17) is 4.74 Å². The van der Waals surface area contributed by atoms with Crippen LogP contribution in [0.25, 0.3) is 0 Å². The zero-order valence-electron chi connectivity index (χ0n) is 18.8. The molecule has 2 aliphatic rings. The van der Waals surface area contributed by atoms with Gasteiger partial charge in [0, 0.05) is 38.0 Å². The van der Waals surface area contributed by atoms with E-state index in [2.05, 4.69) is 22.8 Å². The first-order valence-corrected chi connectivity index (χ1v) is 11.7. The Balaban J connectivity index is 1.44.